The molecule has 0 spiro atoms. The maximum Gasteiger partial charge on any atom is 0.251 e. The fourth-order valence-electron chi connectivity index (χ4n) is 1.13. The van der Waals surface area contributed by atoms with E-state index >= 15 is 0 Å². The zero-order valence-electron chi connectivity index (χ0n) is 7.11. The van der Waals surface area contributed by atoms with Crippen molar-refractivity contribution >= 4 is 17.7 Å². The average Bonchev–Trinajstić information content (AvgIpc) is 2.03. The SMILES string of the molecule is CC(=O)N(O)C1CCC(=O)NC1=O. The zero-order valence-corrected chi connectivity index (χ0v) is 7.11. The second kappa shape index (κ2) is 3.53. The minimum Gasteiger partial charge on any atom is -0.295 e. The van der Waals surface area contributed by atoms with E-state index in [2.05, 4.69) is 0 Å². The Hall–Kier alpha value is -1.43. The summed E-state index contributed by atoms with van der Waals surface area (Å²) in [7, 11) is 0. The molecule has 3 amide bonds. The summed E-state index contributed by atoms with van der Waals surface area (Å²) in [5, 5.41) is 11.5. The fourth-order valence-corrected chi connectivity index (χ4v) is 1.13. The molecular formula is C7H10N2O4. The monoisotopic (exact) mass is 186 g/mol. The predicted octanol–water partition coefficient (Wildman–Crippen LogP) is -0.971. The van der Waals surface area contributed by atoms with E-state index in [4.69, 9.17) is 5.21 Å². The fraction of sp³-hybridized carbons (Fsp3) is 0.571. The summed E-state index contributed by atoms with van der Waals surface area (Å²) < 4.78 is 0. The smallest absolute Gasteiger partial charge is 0.251 e. The summed E-state index contributed by atoms with van der Waals surface area (Å²) in [5.74, 6) is -1.62. The van der Waals surface area contributed by atoms with Gasteiger partial charge in [0, 0.05) is 13.3 Å². The van der Waals surface area contributed by atoms with Crippen LogP contribution in [0.5, 0.6) is 0 Å². The Balaban J connectivity index is 2.66. The second-order valence-corrected chi connectivity index (χ2v) is 2.83. The molecule has 0 aromatic rings. The van der Waals surface area contributed by atoms with Crippen molar-refractivity contribution in [2.75, 3.05) is 0 Å². The quantitative estimate of drug-likeness (QED) is 0.313. The summed E-state index contributed by atoms with van der Waals surface area (Å²) in [4.78, 5) is 32.4. The van der Waals surface area contributed by atoms with E-state index in [0.29, 0.717) is 5.06 Å². The highest BCUT2D eigenvalue weighted by molar-refractivity contribution is 6.01. The molecule has 1 heterocycles. The first-order valence-electron chi connectivity index (χ1n) is 3.84. The molecule has 0 radical (unpaired) electrons. The van der Waals surface area contributed by atoms with Gasteiger partial charge in [0.1, 0.15) is 6.04 Å². The third-order valence-electron chi connectivity index (χ3n) is 1.83. The highest BCUT2D eigenvalue weighted by Crippen LogP contribution is 2.10. The number of carbonyl (C=O) groups excluding carboxylic acids is 3. The molecule has 1 rings (SSSR count). The molecule has 2 N–H and O–H groups in total. The normalized spacial score (nSPS) is 22.5. The Morgan fingerprint density at radius 1 is 1.62 bits per heavy atom. The van der Waals surface area contributed by atoms with E-state index in [1.165, 1.54) is 0 Å². The molecular weight excluding hydrogens is 176 g/mol. The van der Waals surface area contributed by atoms with Gasteiger partial charge < -0.3 is 0 Å². The molecule has 13 heavy (non-hydrogen) atoms. The summed E-state index contributed by atoms with van der Waals surface area (Å²) in [6, 6.07) is -0.935. The highest BCUT2D eigenvalue weighted by Gasteiger charge is 2.32. The zero-order chi connectivity index (χ0) is 10.0. The van der Waals surface area contributed by atoms with E-state index in [1.807, 2.05) is 5.32 Å². The van der Waals surface area contributed by atoms with Crippen LogP contribution in [-0.2, 0) is 14.4 Å². The van der Waals surface area contributed by atoms with Crippen LogP contribution in [0, 0.1) is 0 Å². The van der Waals surface area contributed by atoms with Gasteiger partial charge in [-0.3, -0.25) is 24.9 Å². The minimum absolute atomic E-state index is 0.140. The van der Waals surface area contributed by atoms with Crippen molar-refractivity contribution in [3.63, 3.8) is 0 Å². The van der Waals surface area contributed by atoms with Crippen molar-refractivity contribution < 1.29 is 19.6 Å². The summed E-state index contributed by atoms with van der Waals surface area (Å²) >= 11 is 0. The molecule has 6 nitrogen and oxygen atoms in total. The maximum atomic E-state index is 11.1. The number of carbonyl (C=O) groups is 3. The van der Waals surface area contributed by atoms with Gasteiger partial charge in [0.15, 0.2) is 0 Å². The van der Waals surface area contributed by atoms with Crippen LogP contribution < -0.4 is 5.32 Å². The lowest BCUT2D eigenvalue weighted by molar-refractivity contribution is -0.180. The molecule has 0 saturated carbocycles. The van der Waals surface area contributed by atoms with E-state index < -0.39 is 17.9 Å². The average molecular weight is 186 g/mol. The van der Waals surface area contributed by atoms with Gasteiger partial charge >= 0.3 is 0 Å². The van der Waals surface area contributed by atoms with E-state index in [1.54, 1.807) is 0 Å². The maximum absolute atomic E-state index is 11.1. The number of nitrogens with one attached hydrogen (secondary N) is 1. The number of hydrogen-bond donors (Lipinski definition) is 2. The van der Waals surface area contributed by atoms with Crippen LogP contribution in [0.25, 0.3) is 0 Å². The van der Waals surface area contributed by atoms with Gasteiger partial charge in [-0.2, -0.15) is 0 Å². The second-order valence-electron chi connectivity index (χ2n) is 2.83. The van der Waals surface area contributed by atoms with Crippen LogP contribution in [0.3, 0.4) is 0 Å². The van der Waals surface area contributed by atoms with Crippen molar-refractivity contribution in [2.45, 2.75) is 25.8 Å². The number of imide groups is 1. The molecule has 6 heteroatoms. The van der Waals surface area contributed by atoms with Crippen LogP contribution in [0.4, 0.5) is 0 Å². The van der Waals surface area contributed by atoms with Gasteiger partial charge in [-0.1, -0.05) is 0 Å². The first-order valence-corrected chi connectivity index (χ1v) is 3.84. The standard InChI is InChI=1S/C7H10N2O4/c1-4(10)9(13)5-2-3-6(11)8-7(5)12/h5,13H,2-3H2,1H3,(H,8,11,12). The van der Waals surface area contributed by atoms with Crippen LogP contribution in [0.2, 0.25) is 0 Å². The summed E-state index contributed by atoms with van der Waals surface area (Å²) in [6.45, 7) is 1.14. The van der Waals surface area contributed by atoms with Crippen LogP contribution in [0.1, 0.15) is 19.8 Å². The van der Waals surface area contributed by atoms with Crippen molar-refractivity contribution in [1.82, 2.24) is 10.4 Å². The first-order chi connectivity index (χ1) is 6.02. The number of rotatable bonds is 1. The molecule has 72 valence electrons. The number of nitrogens with zero attached hydrogens (tertiary/aromatic N) is 1. The molecule has 1 atom stereocenters. The van der Waals surface area contributed by atoms with Gasteiger partial charge in [0.2, 0.25) is 11.8 Å². The minimum atomic E-state index is -0.935. The third kappa shape index (κ3) is 2.03. The molecule has 0 bridgehead atoms. The summed E-state index contributed by atoms with van der Waals surface area (Å²) in [6.07, 6.45) is 0.307. The molecule has 0 aromatic carbocycles. The number of amides is 3. The molecule has 1 aliphatic rings. The van der Waals surface area contributed by atoms with Crippen LogP contribution >= 0.6 is 0 Å². The molecule has 1 unspecified atom stereocenters. The molecule has 0 aromatic heterocycles. The van der Waals surface area contributed by atoms with Crippen molar-refractivity contribution in [2.24, 2.45) is 0 Å². The van der Waals surface area contributed by atoms with Crippen molar-refractivity contribution in [1.29, 1.82) is 0 Å². The number of piperidine rings is 1. The topological polar surface area (TPSA) is 86.7 Å². The molecule has 0 aliphatic carbocycles. The predicted molar refractivity (Wildman–Crippen MR) is 40.5 cm³/mol. The van der Waals surface area contributed by atoms with Gasteiger partial charge in [-0.25, -0.2) is 5.06 Å². The Morgan fingerprint density at radius 2 is 2.23 bits per heavy atom. The highest BCUT2D eigenvalue weighted by atomic mass is 16.5. The Bertz CT molecular complexity index is 263. The summed E-state index contributed by atoms with van der Waals surface area (Å²) in [5.41, 5.74) is 0. The lowest BCUT2D eigenvalue weighted by atomic mass is 10.1. The van der Waals surface area contributed by atoms with E-state index in [0.717, 1.165) is 6.92 Å². The largest absolute Gasteiger partial charge is 0.295 e. The molecule has 1 fully saturated rings. The van der Waals surface area contributed by atoms with Gasteiger partial charge in [-0.15, -0.1) is 0 Å². The van der Waals surface area contributed by atoms with Crippen molar-refractivity contribution in [3.8, 4) is 0 Å². The van der Waals surface area contributed by atoms with Crippen LogP contribution in [-0.4, -0.2) is 34.0 Å². The number of hydrogen-bond acceptors (Lipinski definition) is 4. The Morgan fingerprint density at radius 3 is 2.69 bits per heavy atom. The number of hydroxylamine groups is 2. The van der Waals surface area contributed by atoms with Crippen molar-refractivity contribution in [3.05, 3.63) is 0 Å². The molecule has 1 saturated heterocycles. The first kappa shape index (κ1) is 9.66. The Labute approximate surface area is 74.5 Å². The Kier molecular flexibility index (Phi) is 2.62. The lowest BCUT2D eigenvalue weighted by Crippen LogP contribution is -2.52. The van der Waals surface area contributed by atoms with Gasteiger partial charge in [-0.05, 0) is 6.42 Å². The van der Waals surface area contributed by atoms with E-state index in [9.17, 15) is 14.4 Å². The van der Waals surface area contributed by atoms with Crippen LogP contribution in [0.15, 0.2) is 0 Å². The van der Waals surface area contributed by atoms with Gasteiger partial charge in [0.05, 0.1) is 0 Å². The molecule has 1 aliphatic heterocycles. The van der Waals surface area contributed by atoms with E-state index in [-0.39, 0.29) is 18.7 Å². The lowest BCUT2D eigenvalue weighted by Gasteiger charge is -2.26. The van der Waals surface area contributed by atoms with Gasteiger partial charge in [0.25, 0.3) is 5.91 Å². The third-order valence-corrected chi connectivity index (χ3v) is 1.83.